The zero-order valence-corrected chi connectivity index (χ0v) is 14.6. The lowest BCUT2D eigenvalue weighted by Crippen LogP contribution is -2.48. The Morgan fingerprint density at radius 2 is 2.26 bits per heavy atom. The van der Waals surface area contributed by atoms with E-state index in [4.69, 9.17) is 9.47 Å². The fourth-order valence-corrected chi connectivity index (χ4v) is 3.47. The van der Waals surface area contributed by atoms with Crippen LogP contribution in [-0.4, -0.2) is 40.3 Å². The number of rotatable bonds is 4. The number of pyridine rings is 1. The second-order valence-electron chi connectivity index (χ2n) is 6.35. The molecule has 23 heavy (non-hydrogen) atoms. The molecule has 1 aromatic heterocycles. The fourth-order valence-electron chi connectivity index (χ4n) is 2.53. The maximum atomic E-state index is 12.4. The van der Waals surface area contributed by atoms with Crippen molar-refractivity contribution in [2.75, 3.05) is 12.9 Å². The molecule has 7 heteroatoms. The molecule has 0 saturated carbocycles. The summed E-state index contributed by atoms with van der Waals surface area (Å²) in [6.07, 6.45) is 5.08. The molecule has 1 aromatic rings. The molecule has 0 bridgehead atoms. The van der Waals surface area contributed by atoms with Crippen molar-refractivity contribution in [3.05, 3.63) is 30.1 Å². The summed E-state index contributed by atoms with van der Waals surface area (Å²) in [7, 11) is 0. The molecule has 2 heterocycles. The van der Waals surface area contributed by atoms with Crippen LogP contribution >= 0.6 is 11.8 Å². The number of ether oxygens (including phenoxy) is 2. The van der Waals surface area contributed by atoms with Gasteiger partial charge in [0.1, 0.15) is 10.3 Å². The van der Waals surface area contributed by atoms with Gasteiger partial charge in [0.15, 0.2) is 0 Å². The number of alkyl carbamates (subject to hydrolysis) is 1. The van der Waals surface area contributed by atoms with Gasteiger partial charge in [-0.05, 0) is 38.7 Å². The first kappa shape index (κ1) is 17.6. The van der Waals surface area contributed by atoms with Crippen LogP contribution in [0.1, 0.15) is 38.8 Å². The summed E-state index contributed by atoms with van der Waals surface area (Å²) in [5, 5.41) is 2.83. The van der Waals surface area contributed by atoms with E-state index in [0.717, 1.165) is 5.56 Å². The third-order valence-electron chi connectivity index (χ3n) is 3.56. The Morgan fingerprint density at radius 3 is 2.74 bits per heavy atom. The maximum Gasteiger partial charge on any atom is 0.408 e. The number of thioether (sulfide) groups is 1. The topological polar surface area (TPSA) is 77.5 Å². The summed E-state index contributed by atoms with van der Waals surface area (Å²) in [6, 6.07) is 3.03. The average molecular weight is 338 g/mol. The molecule has 2 atom stereocenters. The number of nitrogens with zero attached hydrogens (tertiary/aromatic N) is 1. The highest BCUT2D eigenvalue weighted by Gasteiger charge is 2.52. The Hall–Kier alpha value is -1.76. The van der Waals surface area contributed by atoms with Crippen molar-refractivity contribution in [3.63, 3.8) is 0 Å². The quantitative estimate of drug-likeness (QED) is 0.851. The lowest BCUT2D eigenvalue weighted by Gasteiger charge is -2.33. The molecule has 0 aliphatic carbocycles. The third-order valence-corrected chi connectivity index (χ3v) is 4.90. The van der Waals surface area contributed by atoms with Crippen molar-refractivity contribution in [1.29, 1.82) is 0 Å². The van der Waals surface area contributed by atoms with Gasteiger partial charge in [0.2, 0.25) is 0 Å². The number of carbonyl (C=O) groups is 2. The molecule has 1 N–H and O–H groups in total. The summed E-state index contributed by atoms with van der Waals surface area (Å²) in [5.74, 6) is -0.324. The summed E-state index contributed by atoms with van der Waals surface area (Å²) in [6.45, 7) is 5.71. The van der Waals surface area contributed by atoms with E-state index in [1.807, 2.05) is 12.3 Å². The van der Waals surface area contributed by atoms with E-state index in [1.54, 1.807) is 39.2 Å². The van der Waals surface area contributed by atoms with Gasteiger partial charge in [0.05, 0.1) is 12.6 Å². The van der Waals surface area contributed by atoms with E-state index in [2.05, 4.69) is 10.3 Å². The molecule has 1 fully saturated rings. The highest BCUT2D eigenvalue weighted by Crippen LogP contribution is 2.43. The van der Waals surface area contributed by atoms with Crippen LogP contribution in [0.2, 0.25) is 0 Å². The molecule has 126 valence electrons. The number of aromatic nitrogens is 1. The van der Waals surface area contributed by atoms with Crippen LogP contribution in [0, 0.1) is 0 Å². The van der Waals surface area contributed by atoms with Gasteiger partial charge in [-0.3, -0.25) is 9.78 Å². The predicted octanol–water partition coefficient (Wildman–Crippen LogP) is 2.70. The summed E-state index contributed by atoms with van der Waals surface area (Å²) < 4.78 is 9.64. The largest absolute Gasteiger partial charge is 0.465 e. The molecular weight excluding hydrogens is 316 g/mol. The Balaban J connectivity index is 2.33. The molecule has 1 aliphatic rings. The zero-order chi connectivity index (χ0) is 17.1. The number of hydrogen-bond donors (Lipinski definition) is 1. The Morgan fingerprint density at radius 1 is 1.52 bits per heavy atom. The lowest BCUT2D eigenvalue weighted by molar-refractivity contribution is -0.140. The number of cyclic esters (lactones) is 1. The van der Waals surface area contributed by atoms with Crippen LogP contribution in [-0.2, 0) is 14.3 Å². The first-order chi connectivity index (χ1) is 10.8. The minimum atomic E-state index is -0.875. The number of nitrogens with one attached hydrogen (secondary N) is 1. The number of esters is 1. The van der Waals surface area contributed by atoms with E-state index >= 15 is 0 Å². The number of amides is 1. The van der Waals surface area contributed by atoms with E-state index < -0.39 is 22.5 Å². The molecular formula is C16H22N2O4S. The molecule has 1 saturated heterocycles. The first-order valence-electron chi connectivity index (χ1n) is 7.40. The van der Waals surface area contributed by atoms with Crippen LogP contribution in [0.4, 0.5) is 4.79 Å². The van der Waals surface area contributed by atoms with E-state index in [9.17, 15) is 9.59 Å². The minimum absolute atomic E-state index is 0.324. The van der Waals surface area contributed by atoms with Crippen molar-refractivity contribution < 1.29 is 19.1 Å². The van der Waals surface area contributed by atoms with Crippen LogP contribution in [0.15, 0.2) is 24.5 Å². The maximum absolute atomic E-state index is 12.4. The molecule has 6 nitrogen and oxygen atoms in total. The van der Waals surface area contributed by atoms with Crippen molar-refractivity contribution in [2.45, 2.75) is 43.6 Å². The van der Waals surface area contributed by atoms with Crippen molar-refractivity contribution >= 4 is 23.8 Å². The van der Waals surface area contributed by atoms with Gasteiger partial charge in [0.25, 0.3) is 0 Å². The summed E-state index contributed by atoms with van der Waals surface area (Å²) in [5.41, 5.74) is 0.123. The monoisotopic (exact) mass is 338 g/mol. The number of hydrogen-bond acceptors (Lipinski definition) is 6. The van der Waals surface area contributed by atoms with E-state index in [1.165, 1.54) is 11.8 Å². The molecule has 0 aromatic carbocycles. The SMILES string of the molecule is CS[C@@]1([C@@H](NC(=O)OC(C)(C)C)c2cccnc2)CCOC1=O. The van der Waals surface area contributed by atoms with Gasteiger partial charge in [-0.2, -0.15) is 0 Å². The van der Waals surface area contributed by atoms with Crippen LogP contribution in [0.5, 0.6) is 0 Å². The van der Waals surface area contributed by atoms with Gasteiger partial charge in [-0.15, -0.1) is 11.8 Å². The number of carbonyl (C=O) groups excluding carboxylic acids is 2. The van der Waals surface area contributed by atoms with Gasteiger partial charge in [-0.25, -0.2) is 4.79 Å². The summed E-state index contributed by atoms with van der Waals surface area (Å²) >= 11 is 1.38. The normalized spacial score (nSPS) is 22.3. The van der Waals surface area contributed by atoms with E-state index in [-0.39, 0.29) is 5.97 Å². The molecule has 2 rings (SSSR count). The highest BCUT2D eigenvalue weighted by molar-refractivity contribution is 8.00. The van der Waals surface area contributed by atoms with Crippen molar-refractivity contribution in [3.8, 4) is 0 Å². The van der Waals surface area contributed by atoms with Crippen LogP contribution in [0.25, 0.3) is 0 Å². The molecule has 1 aliphatic heterocycles. The van der Waals surface area contributed by atoms with Crippen LogP contribution in [0.3, 0.4) is 0 Å². The zero-order valence-electron chi connectivity index (χ0n) is 13.8. The Labute approximate surface area is 140 Å². The lowest BCUT2D eigenvalue weighted by atomic mass is 9.91. The Bertz CT molecular complexity index is 573. The predicted molar refractivity (Wildman–Crippen MR) is 88.2 cm³/mol. The molecule has 0 spiro atoms. The molecule has 0 radical (unpaired) electrons. The smallest absolute Gasteiger partial charge is 0.408 e. The first-order valence-corrected chi connectivity index (χ1v) is 8.63. The van der Waals surface area contributed by atoms with Gasteiger partial charge in [0, 0.05) is 18.8 Å². The minimum Gasteiger partial charge on any atom is -0.465 e. The van der Waals surface area contributed by atoms with Gasteiger partial charge in [-0.1, -0.05) is 6.07 Å². The summed E-state index contributed by atoms with van der Waals surface area (Å²) in [4.78, 5) is 28.7. The average Bonchev–Trinajstić information content (AvgIpc) is 2.86. The second kappa shape index (κ2) is 6.78. The van der Waals surface area contributed by atoms with Crippen molar-refractivity contribution in [1.82, 2.24) is 10.3 Å². The van der Waals surface area contributed by atoms with Gasteiger partial charge >= 0.3 is 12.1 Å². The standard InChI is InChI=1S/C16H22N2O4S/c1-15(2,3)22-14(20)18-12(11-6-5-8-17-10-11)16(23-4)7-9-21-13(16)19/h5-6,8,10,12H,7,9H2,1-4H3,(H,18,20)/t12-,16+/m0/s1. The fraction of sp³-hybridized carbons (Fsp3) is 0.562. The van der Waals surface area contributed by atoms with E-state index in [0.29, 0.717) is 13.0 Å². The van der Waals surface area contributed by atoms with Crippen molar-refractivity contribution in [2.24, 2.45) is 0 Å². The third kappa shape index (κ3) is 3.96. The molecule has 0 unspecified atom stereocenters. The Kier molecular flexibility index (Phi) is 5.19. The second-order valence-corrected chi connectivity index (χ2v) is 7.48. The molecule has 1 amide bonds. The van der Waals surface area contributed by atoms with Gasteiger partial charge < -0.3 is 14.8 Å². The van der Waals surface area contributed by atoms with Crippen LogP contribution < -0.4 is 5.32 Å². The highest BCUT2D eigenvalue weighted by atomic mass is 32.2.